The third kappa shape index (κ3) is 2.19. The average Bonchev–Trinajstić information content (AvgIpc) is 2.76. The molecule has 0 spiro atoms. The minimum absolute atomic E-state index is 0.325. The van der Waals surface area contributed by atoms with E-state index in [0.29, 0.717) is 27.3 Å². The summed E-state index contributed by atoms with van der Waals surface area (Å²) >= 11 is 5.83. The Bertz CT molecular complexity index is 762. The highest BCUT2D eigenvalue weighted by Gasteiger charge is 2.20. The van der Waals surface area contributed by atoms with E-state index in [1.807, 2.05) is 0 Å². The van der Waals surface area contributed by atoms with Crippen molar-refractivity contribution in [2.75, 3.05) is 0 Å². The van der Waals surface area contributed by atoms with Crippen molar-refractivity contribution in [2.45, 2.75) is 13.0 Å². The Hall–Kier alpha value is -1.84. The number of hydrogen-bond acceptors (Lipinski definition) is 2. The van der Waals surface area contributed by atoms with Gasteiger partial charge in [-0.3, -0.25) is 0 Å². The molecule has 0 fully saturated rings. The number of halogens is 2. The summed E-state index contributed by atoms with van der Waals surface area (Å²) in [4.78, 5) is 0. The third-order valence-electron chi connectivity index (χ3n) is 3.37. The van der Waals surface area contributed by atoms with Crippen LogP contribution in [0.15, 0.2) is 46.9 Å². The van der Waals surface area contributed by atoms with E-state index in [2.05, 4.69) is 0 Å². The second-order valence-corrected chi connectivity index (χ2v) is 5.12. The number of benzene rings is 2. The Kier molecular flexibility index (Phi) is 3.24. The molecule has 0 saturated heterocycles. The van der Waals surface area contributed by atoms with E-state index < -0.39 is 6.10 Å². The standard InChI is InChI=1S/C16H12ClFO2/c1-9-13-8-12(18)6-7-14(13)20-16(9)15(19)10-2-4-11(17)5-3-10/h2-8,15,19H,1H3. The lowest BCUT2D eigenvalue weighted by Gasteiger charge is -2.09. The molecule has 0 amide bonds. The van der Waals surface area contributed by atoms with E-state index in [-0.39, 0.29) is 5.82 Å². The molecule has 0 radical (unpaired) electrons. The van der Waals surface area contributed by atoms with Crippen LogP contribution in [0.25, 0.3) is 11.0 Å². The van der Waals surface area contributed by atoms with Crippen LogP contribution in [0.3, 0.4) is 0 Å². The molecule has 1 atom stereocenters. The summed E-state index contributed by atoms with van der Waals surface area (Å²) < 4.78 is 18.9. The molecule has 2 nitrogen and oxygen atoms in total. The van der Waals surface area contributed by atoms with Crippen molar-refractivity contribution in [3.8, 4) is 0 Å². The molecule has 0 bridgehead atoms. The van der Waals surface area contributed by atoms with Crippen LogP contribution < -0.4 is 0 Å². The number of hydrogen-bond donors (Lipinski definition) is 1. The number of aliphatic hydroxyl groups is 1. The molecule has 2 aromatic carbocycles. The largest absolute Gasteiger partial charge is 0.458 e. The van der Waals surface area contributed by atoms with Gasteiger partial charge in [0.15, 0.2) is 0 Å². The van der Waals surface area contributed by atoms with Gasteiger partial charge in [0.1, 0.15) is 23.3 Å². The molecule has 1 N–H and O–H groups in total. The summed E-state index contributed by atoms with van der Waals surface area (Å²) in [5, 5.41) is 11.7. The van der Waals surface area contributed by atoms with E-state index in [0.717, 1.165) is 5.56 Å². The Labute approximate surface area is 120 Å². The Morgan fingerprint density at radius 1 is 1.15 bits per heavy atom. The molecule has 20 heavy (non-hydrogen) atoms. The highest BCUT2D eigenvalue weighted by molar-refractivity contribution is 6.30. The van der Waals surface area contributed by atoms with E-state index in [1.165, 1.54) is 12.1 Å². The first-order valence-electron chi connectivity index (χ1n) is 6.18. The molecule has 0 aliphatic heterocycles. The third-order valence-corrected chi connectivity index (χ3v) is 3.62. The van der Waals surface area contributed by atoms with Crippen LogP contribution in [-0.2, 0) is 0 Å². The van der Waals surface area contributed by atoms with Gasteiger partial charge >= 0.3 is 0 Å². The highest BCUT2D eigenvalue weighted by Crippen LogP contribution is 2.33. The van der Waals surface area contributed by atoms with Gasteiger partial charge in [-0.15, -0.1) is 0 Å². The molecule has 1 unspecified atom stereocenters. The first-order valence-corrected chi connectivity index (χ1v) is 6.56. The molecule has 0 aliphatic carbocycles. The number of fused-ring (bicyclic) bond motifs is 1. The van der Waals surface area contributed by atoms with Gasteiger partial charge in [0, 0.05) is 16.0 Å². The molecule has 3 rings (SSSR count). The predicted octanol–water partition coefficient (Wildman–Crippen LogP) is 4.62. The molecule has 0 aliphatic rings. The van der Waals surface area contributed by atoms with Crippen LogP contribution in [0.1, 0.15) is 23.0 Å². The van der Waals surface area contributed by atoms with Crippen LogP contribution in [0.2, 0.25) is 5.02 Å². The maximum atomic E-state index is 13.3. The molecule has 3 aromatic rings. The quantitative estimate of drug-likeness (QED) is 0.747. The lowest BCUT2D eigenvalue weighted by molar-refractivity contribution is 0.191. The van der Waals surface area contributed by atoms with E-state index in [4.69, 9.17) is 16.0 Å². The molecule has 102 valence electrons. The molecular weight excluding hydrogens is 279 g/mol. The van der Waals surface area contributed by atoms with E-state index in [1.54, 1.807) is 37.3 Å². The SMILES string of the molecule is Cc1c(C(O)c2ccc(Cl)cc2)oc2ccc(F)cc12. The lowest BCUT2D eigenvalue weighted by Crippen LogP contribution is -1.99. The molecular formula is C16H12ClFO2. The van der Waals surface area contributed by atoms with E-state index >= 15 is 0 Å². The van der Waals surface area contributed by atoms with Gasteiger partial charge in [-0.25, -0.2) is 4.39 Å². The number of furan rings is 1. The van der Waals surface area contributed by atoms with Crippen LogP contribution in [0, 0.1) is 12.7 Å². The summed E-state index contributed by atoms with van der Waals surface area (Å²) in [6, 6.07) is 11.2. The van der Waals surface area contributed by atoms with Gasteiger partial charge in [0.05, 0.1) is 0 Å². The van der Waals surface area contributed by atoms with Crippen LogP contribution in [-0.4, -0.2) is 5.11 Å². The predicted molar refractivity (Wildman–Crippen MR) is 76.4 cm³/mol. The summed E-state index contributed by atoms with van der Waals surface area (Å²) in [5.74, 6) is 0.0989. The van der Waals surface area contributed by atoms with Crippen molar-refractivity contribution in [1.29, 1.82) is 0 Å². The molecule has 1 aromatic heterocycles. The number of rotatable bonds is 2. The van der Waals surface area contributed by atoms with Gasteiger partial charge in [0.25, 0.3) is 0 Å². The summed E-state index contributed by atoms with van der Waals surface area (Å²) in [7, 11) is 0. The van der Waals surface area contributed by atoms with Crippen LogP contribution in [0.4, 0.5) is 4.39 Å². The summed E-state index contributed by atoms with van der Waals surface area (Å²) in [6.45, 7) is 1.81. The Morgan fingerprint density at radius 3 is 2.55 bits per heavy atom. The first-order chi connectivity index (χ1) is 9.56. The maximum Gasteiger partial charge on any atom is 0.141 e. The smallest absolute Gasteiger partial charge is 0.141 e. The lowest BCUT2D eigenvalue weighted by atomic mass is 10.0. The van der Waals surface area contributed by atoms with Gasteiger partial charge in [-0.05, 0) is 42.8 Å². The van der Waals surface area contributed by atoms with Gasteiger partial charge in [0.2, 0.25) is 0 Å². The van der Waals surface area contributed by atoms with Crippen LogP contribution in [0.5, 0.6) is 0 Å². The van der Waals surface area contributed by atoms with Crippen molar-refractivity contribution in [3.05, 3.63) is 70.2 Å². The van der Waals surface area contributed by atoms with Gasteiger partial charge in [-0.2, -0.15) is 0 Å². The highest BCUT2D eigenvalue weighted by atomic mass is 35.5. The van der Waals surface area contributed by atoms with Crippen molar-refractivity contribution >= 4 is 22.6 Å². The molecule has 4 heteroatoms. The minimum Gasteiger partial charge on any atom is -0.458 e. The second kappa shape index (κ2) is 4.93. The monoisotopic (exact) mass is 290 g/mol. The van der Waals surface area contributed by atoms with Gasteiger partial charge in [-0.1, -0.05) is 23.7 Å². The van der Waals surface area contributed by atoms with Gasteiger partial charge < -0.3 is 9.52 Å². The second-order valence-electron chi connectivity index (χ2n) is 4.69. The maximum absolute atomic E-state index is 13.3. The van der Waals surface area contributed by atoms with Crippen LogP contribution >= 0.6 is 11.6 Å². The Morgan fingerprint density at radius 2 is 1.85 bits per heavy atom. The summed E-state index contributed by atoms with van der Waals surface area (Å²) in [5.41, 5.74) is 1.98. The molecule has 1 heterocycles. The fourth-order valence-corrected chi connectivity index (χ4v) is 2.40. The summed E-state index contributed by atoms with van der Waals surface area (Å²) in [6.07, 6.45) is -0.900. The Balaban J connectivity index is 2.09. The zero-order chi connectivity index (χ0) is 14.3. The average molecular weight is 291 g/mol. The number of aryl methyl sites for hydroxylation is 1. The zero-order valence-electron chi connectivity index (χ0n) is 10.7. The topological polar surface area (TPSA) is 33.4 Å². The van der Waals surface area contributed by atoms with Crippen molar-refractivity contribution in [2.24, 2.45) is 0 Å². The fourth-order valence-electron chi connectivity index (χ4n) is 2.27. The van der Waals surface area contributed by atoms with Crippen molar-refractivity contribution in [1.82, 2.24) is 0 Å². The van der Waals surface area contributed by atoms with Crippen molar-refractivity contribution < 1.29 is 13.9 Å². The van der Waals surface area contributed by atoms with E-state index in [9.17, 15) is 9.50 Å². The fraction of sp³-hybridized carbons (Fsp3) is 0.125. The minimum atomic E-state index is -0.900. The zero-order valence-corrected chi connectivity index (χ0v) is 11.5. The number of aliphatic hydroxyl groups excluding tert-OH is 1. The molecule has 0 saturated carbocycles. The van der Waals surface area contributed by atoms with Crippen molar-refractivity contribution in [3.63, 3.8) is 0 Å². The normalized spacial score (nSPS) is 12.8. The first kappa shape index (κ1) is 13.2.